The first kappa shape index (κ1) is 18.1. The molecule has 1 N–H and O–H groups in total. The Morgan fingerprint density at radius 1 is 1.17 bits per heavy atom. The SMILES string of the molecule is Cc1ccc([N+](=O)[O-])cc1S(=O)(=O)NCCOCc1ccccc1. The molecule has 0 saturated carbocycles. The lowest BCUT2D eigenvalue weighted by molar-refractivity contribution is -0.385. The van der Waals surface area contributed by atoms with E-state index < -0.39 is 14.9 Å². The van der Waals surface area contributed by atoms with E-state index in [-0.39, 0.29) is 23.7 Å². The number of nitro benzene ring substituents is 1. The molecule has 2 aromatic carbocycles. The van der Waals surface area contributed by atoms with Gasteiger partial charge in [0.05, 0.1) is 23.0 Å². The number of ether oxygens (including phenoxy) is 1. The van der Waals surface area contributed by atoms with Crippen LogP contribution in [0.4, 0.5) is 5.69 Å². The van der Waals surface area contributed by atoms with Gasteiger partial charge in [-0.2, -0.15) is 0 Å². The molecule has 128 valence electrons. The van der Waals surface area contributed by atoms with E-state index in [2.05, 4.69) is 4.72 Å². The number of aryl methyl sites for hydroxylation is 1. The number of nitrogens with one attached hydrogen (secondary N) is 1. The lowest BCUT2D eigenvalue weighted by Crippen LogP contribution is -2.28. The third kappa shape index (κ3) is 4.85. The van der Waals surface area contributed by atoms with Gasteiger partial charge in [-0.05, 0) is 18.1 Å². The summed E-state index contributed by atoms with van der Waals surface area (Å²) in [5, 5.41) is 10.8. The van der Waals surface area contributed by atoms with Gasteiger partial charge in [0, 0.05) is 18.7 Å². The zero-order valence-corrected chi connectivity index (χ0v) is 14.0. The Morgan fingerprint density at radius 2 is 1.88 bits per heavy atom. The number of benzene rings is 2. The molecule has 0 aliphatic carbocycles. The van der Waals surface area contributed by atoms with Crippen molar-refractivity contribution in [2.75, 3.05) is 13.2 Å². The maximum atomic E-state index is 12.3. The molecule has 0 aromatic heterocycles. The van der Waals surface area contributed by atoms with Crippen LogP contribution in [-0.2, 0) is 21.4 Å². The van der Waals surface area contributed by atoms with E-state index in [1.165, 1.54) is 12.1 Å². The number of hydrogen-bond donors (Lipinski definition) is 1. The number of rotatable bonds is 8. The molecule has 0 bridgehead atoms. The fourth-order valence-corrected chi connectivity index (χ4v) is 3.36. The third-order valence-electron chi connectivity index (χ3n) is 3.32. The van der Waals surface area contributed by atoms with E-state index in [0.717, 1.165) is 11.6 Å². The summed E-state index contributed by atoms with van der Waals surface area (Å²) in [5.41, 5.74) is 1.18. The molecule has 0 saturated heterocycles. The molecule has 0 aliphatic heterocycles. The predicted molar refractivity (Wildman–Crippen MR) is 89.1 cm³/mol. The Morgan fingerprint density at radius 3 is 2.54 bits per heavy atom. The second kappa shape index (κ2) is 8.00. The molecular weight excluding hydrogens is 332 g/mol. The van der Waals surface area contributed by atoms with E-state index in [9.17, 15) is 18.5 Å². The monoisotopic (exact) mass is 350 g/mol. The number of nitrogens with zero attached hydrogens (tertiary/aromatic N) is 1. The van der Waals surface area contributed by atoms with E-state index >= 15 is 0 Å². The molecule has 7 nitrogen and oxygen atoms in total. The van der Waals surface area contributed by atoms with Gasteiger partial charge in [-0.1, -0.05) is 36.4 Å². The third-order valence-corrected chi connectivity index (χ3v) is 4.93. The maximum absolute atomic E-state index is 12.3. The van der Waals surface area contributed by atoms with Crippen LogP contribution in [0.25, 0.3) is 0 Å². The number of hydrogen-bond acceptors (Lipinski definition) is 5. The maximum Gasteiger partial charge on any atom is 0.270 e. The van der Waals surface area contributed by atoms with Gasteiger partial charge < -0.3 is 4.74 Å². The molecule has 2 rings (SSSR count). The van der Waals surface area contributed by atoms with Crippen LogP contribution < -0.4 is 4.72 Å². The Hall–Kier alpha value is -2.29. The van der Waals surface area contributed by atoms with Gasteiger partial charge in [-0.3, -0.25) is 10.1 Å². The second-order valence-electron chi connectivity index (χ2n) is 5.14. The Bertz CT molecular complexity index is 806. The van der Waals surface area contributed by atoms with Crippen molar-refractivity contribution in [3.63, 3.8) is 0 Å². The van der Waals surface area contributed by atoms with Crippen molar-refractivity contribution in [2.24, 2.45) is 0 Å². The van der Waals surface area contributed by atoms with Crippen molar-refractivity contribution in [3.8, 4) is 0 Å². The molecule has 0 fully saturated rings. The van der Waals surface area contributed by atoms with Crippen LogP contribution in [0.3, 0.4) is 0 Å². The first-order valence-corrected chi connectivity index (χ1v) is 8.75. The van der Waals surface area contributed by atoms with Gasteiger partial charge in [-0.15, -0.1) is 0 Å². The standard InChI is InChI=1S/C16H18N2O5S/c1-13-7-8-15(18(19)20)11-16(13)24(21,22)17-9-10-23-12-14-5-3-2-4-6-14/h2-8,11,17H,9-10,12H2,1H3. The molecule has 8 heteroatoms. The summed E-state index contributed by atoms with van der Waals surface area (Å²) in [6, 6.07) is 13.3. The van der Waals surface area contributed by atoms with Gasteiger partial charge in [0.15, 0.2) is 0 Å². The highest BCUT2D eigenvalue weighted by Crippen LogP contribution is 2.21. The Labute approximate surface area is 140 Å². The summed E-state index contributed by atoms with van der Waals surface area (Å²) in [6.45, 7) is 2.25. The van der Waals surface area contributed by atoms with E-state index in [1.54, 1.807) is 6.92 Å². The molecule has 0 heterocycles. The minimum absolute atomic E-state index is 0.0807. The predicted octanol–water partition coefficient (Wildman–Crippen LogP) is 2.40. The smallest absolute Gasteiger partial charge is 0.270 e. The van der Waals surface area contributed by atoms with Crippen molar-refractivity contribution in [1.29, 1.82) is 0 Å². The van der Waals surface area contributed by atoms with Crippen LogP contribution in [0.5, 0.6) is 0 Å². The number of nitro groups is 1. The zero-order chi connectivity index (χ0) is 17.6. The summed E-state index contributed by atoms with van der Waals surface area (Å²) < 4.78 is 32.3. The Kier molecular flexibility index (Phi) is 6.02. The number of non-ortho nitro benzene ring substituents is 1. The van der Waals surface area contributed by atoms with Crippen molar-refractivity contribution < 1.29 is 18.1 Å². The highest BCUT2D eigenvalue weighted by Gasteiger charge is 2.19. The molecule has 2 aromatic rings. The van der Waals surface area contributed by atoms with Crippen molar-refractivity contribution in [1.82, 2.24) is 4.72 Å². The molecule has 0 atom stereocenters. The average molecular weight is 350 g/mol. The summed E-state index contributed by atoms with van der Waals surface area (Å²) in [5.74, 6) is 0. The summed E-state index contributed by atoms with van der Waals surface area (Å²) in [6.07, 6.45) is 0. The van der Waals surface area contributed by atoms with Gasteiger partial charge in [0.25, 0.3) is 5.69 Å². The summed E-state index contributed by atoms with van der Waals surface area (Å²) >= 11 is 0. The minimum atomic E-state index is -3.83. The van der Waals surface area contributed by atoms with Crippen molar-refractivity contribution in [2.45, 2.75) is 18.4 Å². The minimum Gasteiger partial charge on any atom is -0.375 e. The van der Waals surface area contributed by atoms with Crippen molar-refractivity contribution >= 4 is 15.7 Å². The molecule has 24 heavy (non-hydrogen) atoms. The van der Waals surface area contributed by atoms with Gasteiger partial charge in [0.1, 0.15) is 0 Å². The van der Waals surface area contributed by atoms with Crippen molar-refractivity contribution in [3.05, 3.63) is 69.8 Å². The number of sulfonamides is 1. The largest absolute Gasteiger partial charge is 0.375 e. The van der Waals surface area contributed by atoms with Crippen LogP contribution in [0.1, 0.15) is 11.1 Å². The highest BCUT2D eigenvalue weighted by molar-refractivity contribution is 7.89. The Balaban J connectivity index is 1.92. The van der Waals surface area contributed by atoms with Crippen LogP contribution in [0.15, 0.2) is 53.4 Å². The first-order chi connectivity index (χ1) is 11.4. The molecule has 0 radical (unpaired) electrons. The molecule has 0 unspecified atom stereocenters. The van der Waals surface area contributed by atoms with E-state index in [4.69, 9.17) is 4.74 Å². The highest BCUT2D eigenvalue weighted by atomic mass is 32.2. The van der Waals surface area contributed by atoms with E-state index in [0.29, 0.717) is 12.2 Å². The molecule has 0 spiro atoms. The molecule has 0 amide bonds. The lowest BCUT2D eigenvalue weighted by Gasteiger charge is -2.09. The fourth-order valence-electron chi connectivity index (χ4n) is 2.08. The topological polar surface area (TPSA) is 98.5 Å². The molecular formula is C16H18N2O5S. The van der Waals surface area contributed by atoms with Gasteiger partial charge >= 0.3 is 0 Å². The van der Waals surface area contributed by atoms with Gasteiger partial charge in [-0.25, -0.2) is 13.1 Å². The fraction of sp³-hybridized carbons (Fsp3) is 0.250. The lowest BCUT2D eigenvalue weighted by atomic mass is 10.2. The quantitative estimate of drug-likeness (QED) is 0.448. The normalized spacial score (nSPS) is 11.4. The zero-order valence-electron chi connectivity index (χ0n) is 13.1. The first-order valence-electron chi connectivity index (χ1n) is 7.26. The van der Waals surface area contributed by atoms with E-state index in [1.807, 2.05) is 30.3 Å². The van der Waals surface area contributed by atoms with Gasteiger partial charge in [0.2, 0.25) is 10.0 Å². The second-order valence-corrected chi connectivity index (χ2v) is 6.88. The van der Waals surface area contributed by atoms with Crippen LogP contribution in [0, 0.1) is 17.0 Å². The van der Waals surface area contributed by atoms with Crippen LogP contribution in [0.2, 0.25) is 0 Å². The van der Waals surface area contributed by atoms with Crippen LogP contribution >= 0.6 is 0 Å². The average Bonchev–Trinajstić information content (AvgIpc) is 2.55. The summed E-state index contributed by atoms with van der Waals surface area (Å²) in [7, 11) is -3.83. The summed E-state index contributed by atoms with van der Waals surface area (Å²) in [4.78, 5) is 10.1. The van der Waals surface area contributed by atoms with Crippen LogP contribution in [-0.4, -0.2) is 26.5 Å². The molecule has 0 aliphatic rings.